The van der Waals surface area contributed by atoms with Crippen LogP contribution in [0.25, 0.3) is 0 Å². The van der Waals surface area contributed by atoms with Gasteiger partial charge in [0.2, 0.25) is 0 Å². The fraction of sp³-hybridized carbons (Fsp3) is 0.692. The molecule has 1 heterocycles. The first-order valence-electron chi connectivity index (χ1n) is 5.87. The molecule has 2 rings (SSSR count). The highest BCUT2D eigenvalue weighted by Gasteiger charge is 2.22. The van der Waals surface area contributed by atoms with E-state index in [0.29, 0.717) is 0 Å². The molecule has 1 nitrogen and oxygen atoms in total. The highest BCUT2D eigenvalue weighted by atomic mass is 32.1. The van der Waals surface area contributed by atoms with E-state index in [2.05, 4.69) is 37.5 Å². The minimum absolute atomic E-state index is 0.244. The molecule has 0 aliphatic heterocycles. The van der Waals surface area contributed by atoms with E-state index in [-0.39, 0.29) is 5.54 Å². The number of hydrogen-bond acceptors (Lipinski definition) is 2. The van der Waals surface area contributed by atoms with Gasteiger partial charge in [-0.25, -0.2) is 0 Å². The Kier molecular flexibility index (Phi) is 3.17. The Morgan fingerprint density at radius 3 is 3.00 bits per heavy atom. The first-order valence-corrected chi connectivity index (χ1v) is 6.75. The van der Waals surface area contributed by atoms with E-state index in [1.807, 2.05) is 11.3 Å². The van der Waals surface area contributed by atoms with Crippen molar-refractivity contribution in [1.29, 1.82) is 0 Å². The summed E-state index contributed by atoms with van der Waals surface area (Å²) in [6.07, 6.45) is 4.02. The van der Waals surface area contributed by atoms with Crippen LogP contribution in [0.3, 0.4) is 0 Å². The van der Waals surface area contributed by atoms with Crippen LogP contribution >= 0.6 is 11.3 Å². The molecular weight excluding hydrogens is 202 g/mol. The van der Waals surface area contributed by atoms with E-state index in [0.717, 1.165) is 12.5 Å². The molecule has 1 N–H and O–H groups in total. The molecule has 0 saturated heterocycles. The molecule has 15 heavy (non-hydrogen) atoms. The Bertz CT molecular complexity index is 322. The van der Waals surface area contributed by atoms with Crippen LogP contribution in [0, 0.1) is 0 Å². The van der Waals surface area contributed by atoms with E-state index in [9.17, 15) is 0 Å². The van der Waals surface area contributed by atoms with Crippen molar-refractivity contribution in [3.05, 3.63) is 21.9 Å². The highest BCUT2D eigenvalue weighted by Crippen LogP contribution is 2.34. The molecule has 2 heteroatoms. The Balaban J connectivity index is 2.01. The maximum Gasteiger partial charge on any atom is 0.00967 e. The van der Waals surface area contributed by atoms with E-state index in [4.69, 9.17) is 0 Å². The third-order valence-corrected chi connectivity index (χ3v) is 4.05. The maximum absolute atomic E-state index is 3.63. The predicted molar refractivity (Wildman–Crippen MR) is 67.8 cm³/mol. The van der Waals surface area contributed by atoms with Crippen molar-refractivity contribution in [2.75, 3.05) is 6.54 Å². The lowest BCUT2D eigenvalue weighted by molar-refractivity contribution is 0.391. The number of aryl methyl sites for hydroxylation is 1. The molecule has 1 aliphatic carbocycles. The van der Waals surface area contributed by atoms with Crippen LogP contribution in [0.15, 0.2) is 11.4 Å². The van der Waals surface area contributed by atoms with Crippen molar-refractivity contribution in [1.82, 2.24) is 5.32 Å². The van der Waals surface area contributed by atoms with Gasteiger partial charge in [-0.2, -0.15) is 0 Å². The summed E-state index contributed by atoms with van der Waals surface area (Å²) in [4.78, 5) is 1.63. The zero-order valence-electron chi connectivity index (χ0n) is 9.97. The standard InChI is InChI=1S/C13H21NS/c1-13(2,3)14-9-10-5-4-6-12-11(10)7-8-15-12/h7-8,10,14H,4-6,9H2,1-3H3. The molecule has 1 aromatic heterocycles. The van der Waals surface area contributed by atoms with Gasteiger partial charge >= 0.3 is 0 Å². The van der Waals surface area contributed by atoms with Gasteiger partial charge in [0.05, 0.1) is 0 Å². The number of thiophene rings is 1. The van der Waals surface area contributed by atoms with Crippen molar-refractivity contribution < 1.29 is 0 Å². The second kappa shape index (κ2) is 4.26. The topological polar surface area (TPSA) is 12.0 Å². The molecule has 0 saturated carbocycles. The molecule has 84 valence electrons. The van der Waals surface area contributed by atoms with Crippen molar-refractivity contribution in [3.63, 3.8) is 0 Å². The predicted octanol–water partition coefficient (Wildman–Crippen LogP) is 3.56. The fourth-order valence-electron chi connectivity index (χ4n) is 2.22. The molecule has 0 spiro atoms. The minimum atomic E-state index is 0.244. The van der Waals surface area contributed by atoms with Crippen molar-refractivity contribution in [2.24, 2.45) is 0 Å². The third kappa shape index (κ3) is 2.82. The zero-order valence-corrected chi connectivity index (χ0v) is 10.8. The van der Waals surface area contributed by atoms with Gasteiger partial charge < -0.3 is 5.32 Å². The summed E-state index contributed by atoms with van der Waals surface area (Å²) < 4.78 is 0. The Morgan fingerprint density at radius 1 is 1.47 bits per heavy atom. The van der Waals surface area contributed by atoms with Gasteiger partial charge in [-0.1, -0.05) is 0 Å². The normalized spacial score (nSPS) is 21.4. The monoisotopic (exact) mass is 223 g/mol. The highest BCUT2D eigenvalue weighted by molar-refractivity contribution is 7.10. The second-order valence-corrected chi connectivity index (χ2v) is 6.52. The van der Waals surface area contributed by atoms with Crippen molar-refractivity contribution in [3.8, 4) is 0 Å². The lowest BCUT2D eigenvalue weighted by Crippen LogP contribution is -2.39. The van der Waals surface area contributed by atoms with Gasteiger partial charge in [0.25, 0.3) is 0 Å². The third-order valence-electron chi connectivity index (χ3n) is 3.05. The first kappa shape index (κ1) is 11.2. The fourth-order valence-corrected chi connectivity index (χ4v) is 3.24. The summed E-state index contributed by atoms with van der Waals surface area (Å²) in [6.45, 7) is 7.85. The average Bonchev–Trinajstić information content (AvgIpc) is 2.61. The van der Waals surface area contributed by atoms with Crippen LogP contribution in [0.4, 0.5) is 0 Å². The molecule has 0 amide bonds. The van der Waals surface area contributed by atoms with Crippen molar-refractivity contribution in [2.45, 2.75) is 51.5 Å². The second-order valence-electron chi connectivity index (χ2n) is 5.52. The molecule has 0 bridgehead atoms. The Labute approximate surface area is 96.9 Å². The SMILES string of the molecule is CC(C)(C)NCC1CCCc2sccc21. The number of rotatable bonds is 2. The summed E-state index contributed by atoms with van der Waals surface area (Å²) in [6, 6.07) is 2.33. The number of fused-ring (bicyclic) bond motifs is 1. The summed E-state index contributed by atoms with van der Waals surface area (Å²) in [5.74, 6) is 0.749. The number of nitrogens with one attached hydrogen (secondary N) is 1. The lowest BCUT2D eigenvalue weighted by atomic mass is 9.87. The maximum atomic E-state index is 3.63. The zero-order chi connectivity index (χ0) is 10.9. The minimum Gasteiger partial charge on any atom is -0.311 e. The molecule has 0 aromatic carbocycles. The van der Waals surface area contributed by atoms with Crippen LogP contribution in [0.1, 0.15) is 50.0 Å². The average molecular weight is 223 g/mol. The van der Waals surface area contributed by atoms with Crippen LogP contribution in [0.2, 0.25) is 0 Å². The Hall–Kier alpha value is -0.340. The molecule has 0 fully saturated rings. The van der Waals surface area contributed by atoms with Gasteiger partial charge in [-0.05, 0) is 63.0 Å². The molecule has 0 radical (unpaired) electrons. The molecule has 1 aromatic rings. The smallest absolute Gasteiger partial charge is 0.00967 e. The largest absolute Gasteiger partial charge is 0.311 e. The first-order chi connectivity index (χ1) is 7.06. The molecule has 1 atom stereocenters. The summed E-state index contributed by atoms with van der Waals surface area (Å²) in [5.41, 5.74) is 1.86. The van der Waals surface area contributed by atoms with Gasteiger partial charge in [-0.3, -0.25) is 0 Å². The van der Waals surface area contributed by atoms with Gasteiger partial charge in [0, 0.05) is 17.0 Å². The summed E-state index contributed by atoms with van der Waals surface area (Å²) >= 11 is 1.93. The van der Waals surface area contributed by atoms with Gasteiger partial charge in [-0.15, -0.1) is 11.3 Å². The van der Waals surface area contributed by atoms with Crippen molar-refractivity contribution >= 4 is 11.3 Å². The van der Waals surface area contributed by atoms with Crippen LogP contribution < -0.4 is 5.32 Å². The molecule has 1 aliphatic rings. The lowest BCUT2D eigenvalue weighted by Gasteiger charge is -2.28. The quantitative estimate of drug-likeness (QED) is 0.808. The molecular formula is C13H21NS. The van der Waals surface area contributed by atoms with Crippen LogP contribution in [-0.4, -0.2) is 12.1 Å². The van der Waals surface area contributed by atoms with E-state index < -0.39 is 0 Å². The summed E-state index contributed by atoms with van der Waals surface area (Å²) in [7, 11) is 0. The van der Waals surface area contributed by atoms with Crippen LogP contribution in [-0.2, 0) is 6.42 Å². The van der Waals surface area contributed by atoms with Gasteiger partial charge in [0.1, 0.15) is 0 Å². The van der Waals surface area contributed by atoms with E-state index >= 15 is 0 Å². The van der Waals surface area contributed by atoms with Crippen LogP contribution in [0.5, 0.6) is 0 Å². The number of hydrogen-bond donors (Lipinski definition) is 1. The van der Waals surface area contributed by atoms with E-state index in [1.54, 1.807) is 10.4 Å². The molecule has 1 unspecified atom stereocenters. The van der Waals surface area contributed by atoms with E-state index in [1.165, 1.54) is 19.3 Å². The van der Waals surface area contributed by atoms with Gasteiger partial charge in [0.15, 0.2) is 0 Å². The Morgan fingerprint density at radius 2 is 2.27 bits per heavy atom. The summed E-state index contributed by atoms with van der Waals surface area (Å²) in [5, 5.41) is 5.88.